The standard InChI is InChI=1S/C14H26N2O2/c1-5-6-11(9-18-4)16-12(10(2)3)15-14(7-8-14)13(16)17/h10-12,15H,5-9H2,1-4H3. The van der Waals surface area contributed by atoms with Gasteiger partial charge in [0.15, 0.2) is 0 Å². The van der Waals surface area contributed by atoms with Crippen molar-refractivity contribution in [3.8, 4) is 0 Å². The second kappa shape index (κ2) is 5.17. The van der Waals surface area contributed by atoms with E-state index in [-0.39, 0.29) is 17.7 Å². The van der Waals surface area contributed by atoms with E-state index >= 15 is 0 Å². The summed E-state index contributed by atoms with van der Waals surface area (Å²) in [6.45, 7) is 7.15. The Hall–Kier alpha value is -0.610. The minimum absolute atomic E-state index is 0.173. The van der Waals surface area contributed by atoms with Crippen molar-refractivity contribution in [2.24, 2.45) is 5.92 Å². The van der Waals surface area contributed by atoms with Gasteiger partial charge in [-0.05, 0) is 25.2 Å². The Morgan fingerprint density at radius 2 is 2.17 bits per heavy atom. The van der Waals surface area contributed by atoms with Crippen LogP contribution >= 0.6 is 0 Å². The molecule has 2 unspecified atom stereocenters. The van der Waals surface area contributed by atoms with Gasteiger partial charge in [-0.1, -0.05) is 27.2 Å². The average molecular weight is 254 g/mol. The fourth-order valence-corrected chi connectivity index (χ4v) is 2.98. The van der Waals surface area contributed by atoms with Gasteiger partial charge < -0.3 is 9.64 Å². The summed E-state index contributed by atoms with van der Waals surface area (Å²) >= 11 is 0. The van der Waals surface area contributed by atoms with Gasteiger partial charge in [-0.25, -0.2) is 0 Å². The highest BCUT2D eigenvalue weighted by Crippen LogP contribution is 2.44. The molecule has 0 radical (unpaired) electrons. The molecule has 18 heavy (non-hydrogen) atoms. The van der Waals surface area contributed by atoms with Crippen LogP contribution in [-0.4, -0.2) is 42.3 Å². The number of rotatable bonds is 6. The van der Waals surface area contributed by atoms with Gasteiger partial charge in [0, 0.05) is 7.11 Å². The molecule has 0 bridgehead atoms. The zero-order chi connectivity index (χ0) is 13.3. The van der Waals surface area contributed by atoms with Crippen LogP contribution in [0.25, 0.3) is 0 Å². The molecule has 1 aliphatic carbocycles. The van der Waals surface area contributed by atoms with Crippen LogP contribution in [0.15, 0.2) is 0 Å². The van der Waals surface area contributed by atoms with Crippen LogP contribution in [0, 0.1) is 5.92 Å². The molecule has 1 saturated heterocycles. The number of nitrogens with one attached hydrogen (secondary N) is 1. The normalized spacial score (nSPS) is 27.3. The number of carbonyl (C=O) groups is 1. The highest BCUT2D eigenvalue weighted by Gasteiger charge is 2.60. The van der Waals surface area contributed by atoms with E-state index < -0.39 is 0 Å². The Labute approximate surface area is 110 Å². The minimum atomic E-state index is -0.214. The molecule has 0 aromatic carbocycles. The van der Waals surface area contributed by atoms with E-state index in [0.29, 0.717) is 18.4 Å². The lowest BCUT2D eigenvalue weighted by Gasteiger charge is -2.34. The second-order valence-electron chi connectivity index (χ2n) is 6.03. The van der Waals surface area contributed by atoms with Crippen molar-refractivity contribution in [2.45, 2.75) is 64.2 Å². The molecule has 1 heterocycles. The van der Waals surface area contributed by atoms with Gasteiger partial charge in [-0.3, -0.25) is 10.1 Å². The fourth-order valence-electron chi connectivity index (χ4n) is 2.98. The summed E-state index contributed by atoms with van der Waals surface area (Å²) in [5.41, 5.74) is -0.214. The summed E-state index contributed by atoms with van der Waals surface area (Å²) in [5.74, 6) is 0.738. The van der Waals surface area contributed by atoms with E-state index in [1.165, 1.54) is 0 Å². The van der Waals surface area contributed by atoms with E-state index in [4.69, 9.17) is 4.74 Å². The first-order valence-corrected chi connectivity index (χ1v) is 7.15. The molecule has 0 aromatic rings. The third-order valence-corrected chi connectivity index (χ3v) is 4.12. The molecule has 1 aliphatic heterocycles. The van der Waals surface area contributed by atoms with Gasteiger partial charge in [-0.15, -0.1) is 0 Å². The first-order chi connectivity index (χ1) is 8.55. The van der Waals surface area contributed by atoms with Crippen molar-refractivity contribution in [3.63, 3.8) is 0 Å². The zero-order valence-corrected chi connectivity index (χ0v) is 12.0. The number of nitrogens with zero attached hydrogens (tertiary/aromatic N) is 1. The largest absolute Gasteiger partial charge is 0.383 e. The molecule has 1 saturated carbocycles. The van der Waals surface area contributed by atoms with Crippen LogP contribution < -0.4 is 5.32 Å². The van der Waals surface area contributed by atoms with E-state index in [1.54, 1.807) is 7.11 Å². The van der Waals surface area contributed by atoms with E-state index in [2.05, 4.69) is 31.0 Å². The summed E-state index contributed by atoms with van der Waals surface area (Å²) in [7, 11) is 1.72. The van der Waals surface area contributed by atoms with Crippen LogP contribution in [0.1, 0.15) is 46.5 Å². The molecule has 4 nitrogen and oxygen atoms in total. The van der Waals surface area contributed by atoms with Crippen LogP contribution in [0.5, 0.6) is 0 Å². The number of ether oxygens (including phenoxy) is 1. The van der Waals surface area contributed by atoms with E-state index in [9.17, 15) is 4.79 Å². The molecular formula is C14H26N2O2. The van der Waals surface area contributed by atoms with E-state index in [1.807, 2.05) is 0 Å². The SMILES string of the molecule is CCCC(COC)N1C(=O)C2(CC2)NC1C(C)C. The summed E-state index contributed by atoms with van der Waals surface area (Å²) in [4.78, 5) is 14.7. The van der Waals surface area contributed by atoms with Crippen molar-refractivity contribution in [3.05, 3.63) is 0 Å². The summed E-state index contributed by atoms with van der Waals surface area (Å²) in [5, 5.41) is 3.56. The van der Waals surface area contributed by atoms with Gasteiger partial charge in [0.2, 0.25) is 5.91 Å². The van der Waals surface area contributed by atoms with Crippen molar-refractivity contribution < 1.29 is 9.53 Å². The van der Waals surface area contributed by atoms with Crippen LogP contribution in [0.4, 0.5) is 0 Å². The summed E-state index contributed by atoms with van der Waals surface area (Å²) in [6.07, 6.45) is 4.26. The van der Waals surface area contributed by atoms with Gasteiger partial charge in [0.1, 0.15) is 0 Å². The Morgan fingerprint density at radius 1 is 1.50 bits per heavy atom. The topological polar surface area (TPSA) is 41.6 Å². The van der Waals surface area contributed by atoms with Gasteiger partial charge in [0.05, 0.1) is 24.4 Å². The number of hydrogen-bond acceptors (Lipinski definition) is 3. The lowest BCUT2D eigenvalue weighted by atomic mass is 10.1. The van der Waals surface area contributed by atoms with Crippen molar-refractivity contribution >= 4 is 5.91 Å². The average Bonchev–Trinajstić information content (AvgIpc) is 3.02. The molecule has 2 atom stereocenters. The summed E-state index contributed by atoms with van der Waals surface area (Å²) in [6, 6.07) is 0.215. The lowest BCUT2D eigenvalue weighted by molar-refractivity contribution is -0.135. The molecule has 1 N–H and O–H groups in total. The molecule has 1 amide bonds. The van der Waals surface area contributed by atoms with Crippen molar-refractivity contribution in [1.82, 2.24) is 10.2 Å². The highest BCUT2D eigenvalue weighted by molar-refractivity contribution is 5.92. The van der Waals surface area contributed by atoms with Gasteiger partial charge >= 0.3 is 0 Å². The molecule has 2 fully saturated rings. The van der Waals surface area contributed by atoms with E-state index in [0.717, 1.165) is 25.7 Å². The first kappa shape index (κ1) is 13.8. The third-order valence-electron chi connectivity index (χ3n) is 4.12. The number of methoxy groups -OCH3 is 1. The number of carbonyl (C=O) groups excluding carboxylic acids is 1. The molecule has 4 heteroatoms. The zero-order valence-electron chi connectivity index (χ0n) is 12.0. The molecule has 2 rings (SSSR count). The number of hydrogen-bond donors (Lipinski definition) is 1. The maximum Gasteiger partial charge on any atom is 0.244 e. The Balaban J connectivity index is 2.17. The second-order valence-corrected chi connectivity index (χ2v) is 6.03. The van der Waals surface area contributed by atoms with Gasteiger partial charge in [0.25, 0.3) is 0 Å². The maximum absolute atomic E-state index is 12.6. The highest BCUT2D eigenvalue weighted by atomic mass is 16.5. The monoisotopic (exact) mass is 254 g/mol. The fraction of sp³-hybridized carbons (Fsp3) is 0.929. The predicted molar refractivity (Wildman–Crippen MR) is 71.1 cm³/mol. The lowest BCUT2D eigenvalue weighted by Crippen LogP contribution is -2.49. The quantitative estimate of drug-likeness (QED) is 0.785. The van der Waals surface area contributed by atoms with Crippen LogP contribution in [0.3, 0.4) is 0 Å². The molecular weight excluding hydrogens is 228 g/mol. The van der Waals surface area contributed by atoms with Gasteiger partial charge in [-0.2, -0.15) is 0 Å². The minimum Gasteiger partial charge on any atom is -0.383 e. The molecule has 104 valence electrons. The smallest absolute Gasteiger partial charge is 0.244 e. The predicted octanol–water partition coefficient (Wildman–Crippen LogP) is 1.75. The molecule has 2 aliphatic rings. The van der Waals surface area contributed by atoms with Crippen molar-refractivity contribution in [1.29, 1.82) is 0 Å². The first-order valence-electron chi connectivity index (χ1n) is 7.15. The Kier molecular flexibility index (Phi) is 3.97. The van der Waals surface area contributed by atoms with Crippen LogP contribution in [0.2, 0.25) is 0 Å². The number of amides is 1. The van der Waals surface area contributed by atoms with Crippen LogP contribution in [-0.2, 0) is 9.53 Å². The molecule has 1 spiro atoms. The Bertz CT molecular complexity index is 307. The third kappa shape index (κ3) is 2.28. The molecule has 0 aromatic heterocycles. The van der Waals surface area contributed by atoms with Crippen molar-refractivity contribution in [2.75, 3.05) is 13.7 Å². The Morgan fingerprint density at radius 3 is 2.61 bits per heavy atom. The summed E-state index contributed by atoms with van der Waals surface area (Å²) < 4.78 is 5.31. The maximum atomic E-state index is 12.6.